The van der Waals surface area contributed by atoms with E-state index in [-0.39, 0.29) is 29.3 Å². The van der Waals surface area contributed by atoms with Gasteiger partial charge in [0.25, 0.3) is 0 Å². The molecule has 0 aromatic heterocycles. The summed E-state index contributed by atoms with van der Waals surface area (Å²) in [5, 5.41) is 0.232. The van der Waals surface area contributed by atoms with E-state index in [0.29, 0.717) is 18.6 Å². The lowest BCUT2D eigenvalue weighted by Gasteiger charge is -2.38. The van der Waals surface area contributed by atoms with E-state index >= 15 is 4.39 Å². The number of ether oxygens (including phenoxy) is 2. The number of thioether (sulfide) groups is 1. The molecule has 7 nitrogen and oxygen atoms in total. The molecule has 1 unspecified atom stereocenters. The van der Waals surface area contributed by atoms with E-state index < -0.39 is 41.7 Å². The van der Waals surface area contributed by atoms with Crippen molar-refractivity contribution in [2.45, 2.75) is 82.6 Å². The summed E-state index contributed by atoms with van der Waals surface area (Å²) in [6, 6.07) is 5.26. The first-order chi connectivity index (χ1) is 18.3. The Bertz CT molecular complexity index is 1210. The van der Waals surface area contributed by atoms with Crippen molar-refractivity contribution < 1.29 is 27.8 Å². The topological polar surface area (TPSA) is 71.4 Å². The number of carbonyl (C=O) groups is 2. The van der Waals surface area contributed by atoms with E-state index in [2.05, 4.69) is 19.6 Å². The number of nitrogens with zero attached hydrogens (tertiary/aromatic N) is 3. The highest BCUT2D eigenvalue weighted by atomic mass is 32.2. The number of fused-ring (bicyclic) bond motifs is 1. The summed E-state index contributed by atoms with van der Waals surface area (Å²) in [6.45, 7) is 15.4. The molecule has 0 spiro atoms. The van der Waals surface area contributed by atoms with Crippen LogP contribution < -0.4 is 0 Å². The lowest BCUT2D eigenvalue weighted by atomic mass is 9.84. The summed E-state index contributed by atoms with van der Waals surface area (Å²) in [6.07, 6.45) is 1.10. The molecule has 1 aliphatic carbocycles. The summed E-state index contributed by atoms with van der Waals surface area (Å²) in [5.41, 5.74) is -1.27. The van der Waals surface area contributed by atoms with E-state index in [9.17, 15) is 14.0 Å². The lowest BCUT2D eigenvalue weighted by Crippen LogP contribution is -2.48. The highest BCUT2D eigenvalue weighted by Gasteiger charge is 2.71. The molecule has 0 bridgehead atoms. The Morgan fingerprint density at radius 2 is 1.90 bits per heavy atom. The summed E-state index contributed by atoms with van der Waals surface area (Å²) in [7, 11) is 1.97. The molecule has 3 atom stereocenters. The van der Waals surface area contributed by atoms with E-state index in [1.807, 2.05) is 0 Å². The van der Waals surface area contributed by atoms with Gasteiger partial charge in [-0.15, -0.1) is 0 Å². The van der Waals surface area contributed by atoms with Crippen molar-refractivity contribution in [3.8, 4) is 0 Å². The standard InChI is InChI=1S/C29H43F2N3O4SSi/c1-19(30)15-20-11-12-22(31)21(16-20)28(5)23-17-29(23,24(35)33(6)7)39-25(32-28)34(26(36)38-27(2,3)4)18-37-13-14-40(8,9)10/h11-12,15-16,23H,13-14,17-18H2,1-10H3/b19-15-/t23-,28+,29?/m0/s1. The number of aliphatic imine (C=N–C) groups is 1. The van der Waals surface area contributed by atoms with Crippen LogP contribution in [-0.4, -0.2) is 72.8 Å². The molecule has 0 saturated heterocycles. The zero-order valence-corrected chi connectivity index (χ0v) is 27.2. The third-order valence-electron chi connectivity index (χ3n) is 6.92. The number of allylic oxidation sites excluding steroid dienone is 1. The van der Waals surface area contributed by atoms with Crippen LogP contribution in [0.15, 0.2) is 29.0 Å². The number of amides is 2. The quantitative estimate of drug-likeness (QED) is 0.186. The van der Waals surface area contributed by atoms with Gasteiger partial charge in [-0.25, -0.2) is 18.5 Å². The van der Waals surface area contributed by atoms with Gasteiger partial charge in [0.15, 0.2) is 5.17 Å². The number of amidine groups is 1. The Labute approximate surface area is 242 Å². The molecule has 1 aliphatic heterocycles. The molecule has 1 aromatic rings. The van der Waals surface area contributed by atoms with Crippen molar-refractivity contribution in [1.29, 1.82) is 0 Å². The lowest BCUT2D eigenvalue weighted by molar-refractivity contribution is -0.129. The third-order valence-corrected chi connectivity index (χ3v) is 10.1. The summed E-state index contributed by atoms with van der Waals surface area (Å²) in [4.78, 5) is 34.8. The summed E-state index contributed by atoms with van der Waals surface area (Å²) >= 11 is 1.21. The smallest absolute Gasteiger partial charge is 0.418 e. The van der Waals surface area contributed by atoms with Crippen LogP contribution in [0.4, 0.5) is 13.6 Å². The van der Waals surface area contributed by atoms with Crippen molar-refractivity contribution in [3.05, 3.63) is 41.0 Å². The van der Waals surface area contributed by atoms with Gasteiger partial charge in [0.05, 0.1) is 11.4 Å². The fourth-order valence-corrected chi connectivity index (χ4v) is 7.23. The maximum atomic E-state index is 15.5. The molecule has 222 valence electrons. The Kier molecular flexibility index (Phi) is 9.33. The van der Waals surface area contributed by atoms with Crippen LogP contribution in [0.5, 0.6) is 0 Å². The molecule has 0 radical (unpaired) electrons. The molecule has 1 aromatic carbocycles. The van der Waals surface area contributed by atoms with Gasteiger partial charge < -0.3 is 14.4 Å². The number of hydrogen-bond acceptors (Lipinski definition) is 6. The maximum Gasteiger partial charge on any atom is 0.418 e. The van der Waals surface area contributed by atoms with Crippen LogP contribution in [0.25, 0.3) is 6.08 Å². The molecular formula is C29H43F2N3O4SSi. The predicted molar refractivity (Wildman–Crippen MR) is 160 cm³/mol. The van der Waals surface area contributed by atoms with E-state index in [1.165, 1.54) is 46.7 Å². The molecule has 11 heteroatoms. The molecule has 2 aliphatic rings. The van der Waals surface area contributed by atoms with Crippen LogP contribution >= 0.6 is 11.8 Å². The Balaban J connectivity index is 2.13. The zero-order chi connectivity index (χ0) is 30.3. The molecule has 0 N–H and O–H groups in total. The number of benzene rings is 1. The fourth-order valence-electron chi connectivity index (χ4n) is 4.78. The summed E-state index contributed by atoms with van der Waals surface area (Å²) < 4.78 is 39.9. The fraction of sp³-hybridized carbons (Fsp3) is 0.621. The normalized spacial score (nSPS) is 24.6. The monoisotopic (exact) mass is 595 g/mol. The highest BCUT2D eigenvalue weighted by molar-refractivity contribution is 8.16. The molecule has 2 amide bonds. The van der Waals surface area contributed by atoms with Gasteiger partial charge in [0, 0.05) is 40.3 Å². The second-order valence-electron chi connectivity index (χ2n) is 13.2. The average Bonchev–Trinajstić information content (AvgIpc) is 3.54. The number of hydrogen-bond donors (Lipinski definition) is 0. The second kappa shape index (κ2) is 11.6. The second-order valence-corrected chi connectivity index (χ2v) is 20.1. The van der Waals surface area contributed by atoms with Gasteiger partial charge in [0.1, 0.15) is 22.9 Å². The first kappa shape index (κ1) is 32.3. The minimum atomic E-state index is -1.39. The molecule has 1 fully saturated rings. The van der Waals surface area contributed by atoms with E-state index in [0.717, 1.165) is 6.04 Å². The first-order valence-electron chi connectivity index (χ1n) is 13.5. The van der Waals surface area contributed by atoms with Crippen LogP contribution in [-0.2, 0) is 19.8 Å². The van der Waals surface area contributed by atoms with Crippen LogP contribution in [0, 0.1) is 11.7 Å². The van der Waals surface area contributed by atoms with Crippen molar-refractivity contribution in [3.63, 3.8) is 0 Å². The molecule has 1 saturated carbocycles. The summed E-state index contributed by atoms with van der Waals surface area (Å²) in [5.74, 6) is -1.40. The minimum absolute atomic E-state index is 0.121. The van der Waals surface area contributed by atoms with Gasteiger partial charge in [0.2, 0.25) is 5.91 Å². The van der Waals surface area contributed by atoms with E-state index in [1.54, 1.807) is 47.9 Å². The van der Waals surface area contributed by atoms with Crippen LogP contribution in [0.2, 0.25) is 25.7 Å². The molecule has 3 rings (SSSR count). The largest absolute Gasteiger partial charge is 0.443 e. The van der Waals surface area contributed by atoms with Gasteiger partial charge in [-0.2, -0.15) is 0 Å². The van der Waals surface area contributed by atoms with Crippen LogP contribution in [0.1, 0.15) is 52.2 Å². The molecular weight excluding hydrogens is 552 g/mol. The number of halogens is 2. The number of carbonyl (C=O) groups excluding carboxylic acids is 2. The number of rotatable bonds is 8. The van der Waals surface area contributed by atoms with Crippen molar-refractivity contribution in [2.75, 3.05) is 27.4 Å². The maximum absolute atomic E-state index is 15.5. The van der Waals surface area contributed by atoms with Crippen molar-refractivity contribution in [1.82, 2.24) is 9.80 Å². The Morgan fingerprint density at radius 1 is 1.25 bits per heavy atom. The van der Waals surface area contributed by atoms with Gasteiger partial charge >= 0.3 is 6.09 Å². The SMILES string of the molecule is C/C(F)=C/c1ccc(F)c([C@@]2(C)N=C(N(COCC[Si](C)(C)C)C(=O)OC(C)(C)C)SC3(C(=O)N(C)C)C[C@H]32)c1. The van der Waals surface area contributed by atoms with Gasteiger partial charge in [-0.05, 0) is 70.9 Å². The van der Waals surface area contributed by atoms with Crippen LogP contribution in [0.3, 0.4) is 0 Å². The van der Waals surface area contributed by atoms with Gasteiger partial charge in [-0.1, -0.05) is 37.5 Å². The van der Waals surface area contributed by atoms with Gasteiger partial charge in [-0.3, -0.25) is 9.79 Å². The predicted octanol–water partition coefficient (Wildman–Crippen LogP) is 6.87. The van der Waals surface area contributed by atoms with Crippen molar-refractivity contribution >= 4 is 43.1 Å². The average molecular weight is 596 g/mol. The zero-order valence-electron chi connectivity index (χ0n) is 25.4. The highest BCUT2D eigenvalue weighted by Crippen LogP contribution is 2.67. The Morgan fingerprint density at radius 3 is 2.45 bits per heavy atom. The first-order valence-corrected chi connectivity index (χ1v) is 18.0. The van der Waals surface area contributed by atoms with E-state index in [4.69, 9.17) is 14.5 Å². The molecule has 1 heterocycles. The molecule has 40 heavy (non-hydrogen) atoms. The third kappa shape index (κ3) is 7.33. The van der Waals surface area contributed by atoms with Crippen molar-refractivity contribution in [2.24, 2.45) is 10.9 Å². The Hall–Kier alpha value is -2.24. The minimum Gasteiger partial charge on any atom is -0.443 e.